The lowest BCUT2D eigenvalue weighted by molar-refractivity contribution is -0.367. The number of quaternary nitrogens is 1. The summed E-state index contributed by atoms with van der Waals surface area (Å²) in [4.78, 5) is 0. The molecule has 1 aromatic heterocycles. The molecule has 0 fully saturated rings. The zero-order valence-corrected chi connectivity index (χ0v) is 12.0. The molecule has 0 unspecified atom stereocenters. The summed E-state index contributed by atoms with van der Waals surface area (Å²) < 4.78 is 5.44. The minimum Gasteiger partial charge on any atom is -1.00 e. The number of rotatable bonds is 6. The lowest BCUT2D eigenvalue weighted by atomic mass is 10.2. The van der Waals surface area contributed by atoms with E-state index in [1.165, 1.54) is 17.3 Å². The molecule has 0 aliphatic carbocycles. The summed E-state index contributed by atoms with van der Waals surface area (Å²) in [6.07, 6.45) is 4.92. The second kappa shape index (κ2) is 8.74. The highest BCUT2D eigenvalue weighted by Gasteiger charge is 2.04. The molecule has 3 N–H and O–H groups in total. The predicted molar refractivity (Wildman–Crippen MR) is 72.0 cm³/mol. The molecule has 6 heteroatoms. The van der Waals surface area contributed by atoms with E-state index in [0.29, 0.717) is 11.1 Å². The monoisotopic (exact) mass is 297 g/mol. The molecular formula is C13H16ClN3OS. The quantitative estimate of drug-likeness (QED) is 0.671. The molecule has 0 saturated heterocycles. The fourth-order valence-corrected chi connectivity index (χ4v) is 2.01. The normalized spacial score (nSPS) is 10.6. The highest BCUT2D eigenvalue weighted by molar-refractivity contribution is 7.99. The van der Waals surface area contributed by atoms with Crippen LogP contribution in [0.2, 0.25) is 0 Å². The zero-order chi connectivity index (χ0) is 12.6. The van der Waals surface area contributed by atoms with E-state index in [9.17, 15) is 0 Å². The summed E-state index contributed by atoms with van der Waals surface area (Å²) >= 11 is 1.54. The van der Waals surface area contributed by atoms with Crippen molar-refractivity contribution in [2.24, 2.45) is 0 Å². The van der Waals surface area contributed by atoms with E-state index < -0.39 is 0 Å². The van der Waals surface area contributed by atoms with Crippen LogP contribution in [0.1, 0.15) is 11.5 Å². The molecule has 2 aromatic rings. The standard InChI is InChI=1S/C13H15N3OS.ClH/c14-9-8-12-15-16-13(17-12)18-10-4-7-11-5-2-1-3-6-11;/h1-7H,8-10,14H2;1H. The highest BCUT2D eigenvalue weighted by atomic mass is 35.5. The molecule has 1 heterocycles. The summed E-state index contributed by atoms with van der Waals surface area (Å²) in [5, 5.41) is 8.53. The zero-order valence-electron chi connectivity index (χ0n) is 10.5. The van der Waals surface area contributed by atoms with E-state index in [2.05, 4.69) is 40.2 Å². The first-order valence-corrected chi connectivity index (χ1v) is 6.83. The molecular weight excluding hydrogens is 282 g/mol. The Kier molecular flexibility index (Phi) is 7.25. The fraction of sp³-hybridized carbons (Fsp3) is 0.231. The summed E-state index contributed by atoms with van der Waals surface area (Å²) in [7, 11) is 0. The second-order valence-electron chi connectivity index (χ2n) is 3.69. The number of nitrogens with zero attached hydrogens (tertiary/aromatic N) is 2. The van der Waals surface area contributed by atoms with Gasteiger partial charge in [-0.3, -0.25) is 0 Å². The average molecular weight is 298 g/mol. The summed E-state index contributed by atoms with van der Waals surface area (Å²) in [6.45, 7) is 0.778. The highest BCUT2D eigenvalue weighted by Crippen LogP contribution is 2.16. The molecule has 102 valence electrons. The summed E-state index contributed by atoms with van der Waals surface area (Å²) in [5.74, 6) is 1.49. The van der Waals surface area contributed by atoms with Gasteiger partial charge in [-0.15, -0.1) is 10.2 Å². The van der Waals surface area contributed by atoms with Gasteiger partial charge < -0.3 is 22.6 Å². The van der Waals surface area contributed by atoms with Gasteiger partial charge in [0.2, 0.25) is 5.89 Å². The number of hydrogen-bond acceptors (Lipinski definition) is 4. The van der Waals surface area contributed by atoms with Crippen molar-refractivity contribution in [3.05, 3.63) is 47.9 Å². The average Bonchev–Trinajstić information content (AvgIpc) is 2.84. The van der Waals surface area contributed by atoms with Crippen LogP contribution in [-0.2, 0) is 6.42 Å². The molecule has 19 heavy (non-hydrogen) atoms. The summed E-state index contributed by atoms with van der Waals surface area (Å²) in [5.41, 5.74) is 4.95. The Hall–Kier alpha value is -1.30. The molecule has 1 aromatic carbocycles. The Morgan fingerprint density at radius 2 is 2.00 bits per heavy atom. The van der Waals surface area contributed by atoms with E-state index in [0.717, 1.165) is 18.7 Å². The fourth-order valence-electron chi connectivity index (χ4n) is 1.42. The number of thioether (sulfide) groups is 1. The molecule has 0 atom stereocenters. The van der Waals surface area contributed by atoms with Crippen molar-refractivity contribution in [1.82, 2.24) is 10.2 Å². The number of aromatic nitrogens is 2. The van der Waals surface area contributed by atoms with Crippen molar-refractivity contribution >= 4 is 17.8 Å². The molecule has 0 saturated carbocycles. The predicted octanol–water partition coefficient (Wildman–Crippen LogP) is -1.34. The maximum Gasteiger partial charge on any atom is 0.276 e. The molecule has 2 rings (SSSR count). The first kappa shape index (κ1) is 15.8. The van der Waals surface area contributed by atoms with Gasteiger partial charge in [0.05, 0.1) is 13.0 Å². The van der Waals surface area contributed by atoms with Crippen molar-refractivity contribution in [3.8, 4) is 0 Å². The van der Waals surface area contributed by atoms with Crippen LogP contribution in [-0.4, -0.2) is 22.5 Å². The van der Waals surface area contributed by atoms with Crippen LogP contribution in [0, 0.1) is 0 Å². The minimum absolute atomic E-state index is 0. The van der Waals surface area contributed by atoms with Crippen LogP contribution in [0.25, 0.3) is 6.08 Å². The molecule has 0 amide bonds. The van der Waals surface area contributed by atoms with Crippen LogP contribution in [0.4, 0.5) is 0 Å². The van der Waals surface area contributed by atoms with Crippen LogP contribution in [0.15, 0.2) is 46.0 Å². The second-order valence-corrected chi connectivity index (χ2v) is 4.66. The Morgan fingerprint density at radius 1 is 1.21 bits per heavy atom. The van der Waals surface area contributed by atoms with Gasteiger partial charge >= 0.3 is 0 Å². The topological polar surface area (TPSA) is 66.6 Å². The molecule has 0 bridgehead atoms. The first-order valence-electron chi connectivity index (χ1n) is 5.84. The van der Waals surface area contributed by atoms with Gasteiger partial charge in [0.15, 0.2) is 0 Å². The molecule has 0 spiro atoms. The number of benzene rings is 1. The Bertz CT molecular complexity index is 502. The Labute approximate surface area is 122 Å². The SMILES string of the molecule is [Cl-].[NH3+]CCc1nnc(SCC=Cc2ccccc2)o1. The van der Waals surface area contributed by atoms with Gasteiger partial charge in [-0.2, -0.15) is 0 Å². The third-order valence-corrected chi connectivity index (χ3v) is 3.02. The third-order valence-electron chi connectivity index (χ3n) is 2.25. The molecule has 0 aliphatic rings. The lowest BCUT2D eigenvalue weighted by Gasteiger charge is -1.91. The smallest absolute Gasteiger partial charge is 0.276 e. The van der Waals surface area contributed by atoms with Crippen molar-refractivity contribution in [2.45, 2.75) is 11.6 Å². The van der Waals surface area contributed by atoms with Gasteiger partial charge in [-0.05, 0) is 5.56 Å². The Balaban J connectivity index is 0.00000180. The van der Waals surface area contributed by atoms with Crippen LogP contribution < -0.4 is 18.1 Å². The maximum absolute atomic E-state index is 5.44. The van der Waals surface area contributed by atoms with Gasteiger partial charge in [0.25, 0.3) is 5.22 Å². The van der Waals surface area contributed by atoms with E-state index in [4.69, 9.17) is 4.42 Å². The largest absolute Gasteiger partial charge is 1.00 e. The van der Waals surface area contributed by atoms with E-state index in [-0.39, 0.29) is 12.4 Å². The van der Waals surface area contributed by atoms with Crippen molar-refractivity contribution in [2.75, 3.05) is 12.3 Å². The van der Waals surface area contributed by atoms with Gasteiger partial charge in [-0.25, -0.2) is 0 Å². The van der Waals surface area contributed by atoms with E-state index in [1.54, 1.807) is 0 Å². The summed E-state index contributed by atoms with van der Waals surface area (Å²) in [6, 6.07) is 10.2. The van der Waals surface area contributed by atoms with Gasteiger partial charge in [0.1, 0.15) is 0 Å². The number of halogens is 1. The Morgan fingerprint density at radius 3 is 2.74 bits per heavy atom. The van der Waals surface area contributed by atoms with Crippen molar-refractivity contribution in [1.29, 1.82) is 0 Å². The van der Waals surface area contributed by atoms with Gasteiger partial charge in [0, 0.05) is 5.75 Å². The minimum atomic E-state index is 0. The molecule has 0 radical (unpaired) electrons. The maximum atomic E-state index is 5.44. The molecule has 0 aliphatic heterocycles. The van der Waals surface area contributed by atoms with Crippen molar-refractivity contribution in [3.63, 3.8) is 0 Å². The van der Waals surface area contributed by atoms with Crippen LogP contribution in [0.5, 0.6) is 0 Å². The third kappa shape index (κ3) is 5.46. The van der Waals surface area contributed by atoms with Gasteiger partial charge in [-0.1, -0.05) is 54.2 Å². The van der Waals surface area contributed by atoms with Crippen LogP contribution in [0.3, 0.4) is 0 Å². The van der Waals surface area contributed by atoms with Crippen LogP contribution >= 0.6 is 11.8 Å². The van der Waals surface area contributed by atoms with E-state index in [1.807, 2.05) is 18.2 Å². The van der Waals surface area contributed by atoms with Crippen molar-refractivity contribution < 1.29 is 22.6 Å². The first-order chi connectivity index (χ1) is 8.88. The van der Waals surface area contributed by atoms with E-state index >= 15 is 0 Å². The lowest BCUT2D eigenvalue weighted by Crippen LogP contribution is -3.00. The molecule has 4 nitrogen and oxygen atoms in total. The number of hydrogen-bond donors (Lipinski definition) is 1.